The number of rotatable bonds is 9. The lowest BCUT2D eigenvalue weighted by atomic mass is 10.1. The standard InChI is InChI=1S/C30H32N4O5.CH4/c1-20-4-6-24(7-5-20)18-34(3)19-27(36)31-26-16-12-23(13-17-26)9-8-22-10-14-25(15-11-22)29(37)32-28(21(2)35)30(38)33-39;/h4-7,10-17,21,28,35,39H,18-19H2,1-3H3,(H,31,36)(H,32,37)(H,33,38);1H4/t21-,28+;/m1./s1. The number of aliphatic hydroxyl groups is 1. The molecule has 0 saturated carbocycles. The van der Waals surface area contributed by atoms with Crippen molar-refractivity contribution in [3.8, 4) is 11.8 Å². The van der Waals surface area contributed by atoms with Gasteiger partial charge < -0.3 is 15.7 Å². The first-order valence-electron chi connectivity index (χ1n) is 12.3. The molecule has 0 aliphatic rings. The molecule has 3 aromatic carbocycles. The number of aliphatic hydroxyl groups excluding tert-OH is 1. The molecule has 0 heterocycles. The lowest BCUT2D eigenvalue weighted by Crippen LogP contribution is -2.51. The van der Waals surface area contributed by atoms with E-state index < -0.39 is 24.0 Å². The van der Waals surface area contributed by atoms with Crippen LogP contribution >= 0.6 is 0 Å². The van der Waals surface area contributed by atoms with Gasteiger partial charge in [0.25, 0.3) is 11.8 Å². The summed E-state index contributed by atoms with van der Waals surface area (Å²) in [6.45, 7) is 4.31. The quantitative estimate of drug-likeness (QED) is 0.160. The van der Waals surface area contributed by atoms with E-state index >= 15 is 0 Å². The summed E-state index contributed by atoms with van der Waals surface area (Å²) in [5.41, 5.74) is 6.13. The van der Waals surface area contributed by atoms with Gasteiger partial charge in [-0.1, -0.05) is 49.1 Å². The highest BCUT2D eigenvalue weighted by molar-refractivity contribution is 5.97. The monoisotopic (exact) mass is 544 g/mol. The number of benzene rings is 3. The minimum Gasteiger partial charge on any atom is -0.391 e. The number of anilines is 1. The van der Waals surface area contributed by atoms with E-state index in [9.17, 15) is 19.5 Å². The van der Waals surface area contributed by atoms with E-state index in [0.717, 1.165) is 11.1 Å². The summed E-state index contributed by atoms with van der Waals surface area (Å²) in [4.78, 5) is 38.4. The predicted molar refractivity (Wildman–Crippen MR) is 155 cm³/mol. The zero-order valence-corrected chi connectivity index (χ0v) is 22.1. The molecule has 9 nitrogen and oxygen atoms in total. The summed E-state index contributed by atoms with van der Waals surface area (Å²) < 4.78 is 0. The molecular formula is C31H36N4O5. The van der Waals surface area contributed by atoms with Gasteiger partial charge in [0, 0.05) is 28.9 Å². The maximum atomic E-state index is 12.4. The third-order valence-electron chi connectivity index (χ3n) is 5.82. The number of carbonyl (C=O) groups excluding carboxylic acids is 3. The summed E-state index contributed by atoms with van der Waals surface area (Å²) in [5, 5.41) is 23.7. The lowest BCUT2D eigenvalue weighted by molar-refractivity contribution is -0.133. The number of hydrogen-bond donors (Lipinski definition) is 5. The largest absolute Gasteiger partial charge is 0.391 e. The fraction of sp³-hybridized carbons (Fsp3) is 0.258. The van der Waals surface area contributed by atoms with Crippen LogP contribution in [0.2, 0.25) is 0 Å². The second kappa shape index (κ2) is 15.2. The first-order valence-corrected chi connectivity index (χ1v) is 12.3. The van der Waals surface area contributed by atoms with Crippen molar-refractivity contribution in [2.24, 2.45) is 0 Å². The van der Waals surface area contributed by atoms with Crippen LogP contribution in [0.25, 0.3) is 0 Å². The third kappa shape index (κ3) is 9.67. The van der Waals surface area contributed by atoms with Crippen LogP contribution in [0.15, 0.2) is 72.8 Å². The van der Waals surface area contributed by atoms with Crippen molar-refractivity contribution in [3.63, 3.8) is 0 Å². The second-order valence-electron chi connectivity index (χ2n) is 9.28. The van der Waals surface area contributed by atoms with Crippen LogP contribution in [0, 0.1) is 18.8 Å². The lowest BCUT2D eigenvalue weighted by Gasteiger charge is -2.19. The molecule has 40 heavy (non-hydrogen) atoms. The minimum atomic E-state index is -1.30. The van der Waals surface area contributed by atoms with Gasteiger partial charge >= 0.3 is 0 Å². The van der Waals surface area contributed by atoms with Crippen molar-refractivity contribution < 1.29 is 24.7 Å². The Morgan fingerprint density at radius 1 is 0.900 bits per heavy atom. The average Bonchev–Trinajstić information content (AvgIpc) is 2.92. The van der Waals surface area contributed by atoms with Crippen molar-refractivity contribution in [2.45, 2.75) is 40.0 Å². The number of hydrogen-bond acceptors (Lipinski definition) is 6. The second-order valence-corrected chi connectivity index (χ2v) is 9.28. The van der Waals surface area contributed by atoms with Gasteiger partial charge in [0.2, 0.25) is 5.91 Å². The number of carbonyl (C=O) groups is 3. The van der Waals surface area contributed by atoms with Crippen LogP contribution in [-0.2, 0) is 16.1 Å². The molecule has 3 rings (SSSR count). The molecule has 9 heteroatoms. The van der Waals surface area contributed by atoms with Crippen molar-refractivity contribution >= 4 is 23.4 Å². The van der Waals surface area contributed by atoms with Crippen LogP contribution in [0.4, 0.5) is 5.69 Å². The Labute approximate surface area is 235 Å². The van der Waals surface area contributed by atoms with Crippen molar-refractivity contribution in [1.82, 2.24) is 15.7 Å². The Bertz CT molecular complexity index is 1340. The fourth-order valence-electron chi connectivity index (χ4n) is 3.69. The Kier molecular flexibility index (Phi) is 12.0. The van der Waals surface area contributed by atoms with Crippen molar-refractivity contribution in [2.75, 3.05) is 18.9 Å². The molecule has 3 aromatic rings. The van der Waals surface area contributed by atoms with Crippen LogP contribution in [0.3, 0.4) is 0 Å². The zero-order chi connectivity index (χ0) is 28.4. The van der Waals surface area contributed by atoms with Gasteiger partial charge in [-0.25, -0.2) is 5.48 Å². The summed E-state index contributed by atoms with van der Waals surface area (Å²) in [7, 11) is 1.90. The smallest absolute Gasteiger partial charge is 0.268 e. The van der Waals surface area contributed by atoms with E-state index in [2.05, 4.69) is 46.7 Å². The number of amides is 3. The number of hydroxylamine groups is 1. The molecular weight excluding hydrogens is 508 g/mol. The van der Waals surface area contributed by atoms with E-state index in [1.807, 2.05) is 31.0 Å². The third-order valence-corrected chi connectivity index (χ3v) is 5.82. The van der Waals surface area contributed by atoms with Gasteiger partial charge in [-0.05, 0) is 75.0 Å². The first-order chi connectivity index (χ1) is 18.6. The maximum Gasteiger partial charge on any atom is 0.268 e. The number of nitrogens with zero attached hydrogens (tertiary/aromatic N) is 1. The molecule has 2 atom stereocenters. The van der Waals surface area contributed by atoms with Gasteiger partial charge in [-0.15, -0.1) is 0 Å². The van der Waals surface area contributed by atoms with E-state index in [1.54, 1.807) is 36.4 Å². The summed E-state index contributed by atoms with van der Waals surface area (Å²) >= 11 is 0. The summed E-state index contributed by atoms with van der Waals surface area (Å²) in [6.07, 6.45) is -1.20. The van der Waals surface area contributed by atoms with Crippen LogP contribution in [0.1, 0.15) is 47.0 Å². The maximum absolute atomic E-state index is 12.4. The molecule has 0 radical (unpaired) electrons. The highest BCUT2D eigenvalue weighted by atomic mass is 16.5. The molecule has 0 fully saturated rings. The molecule has 0 aromatic heterocycles. The minimum absolute atomic E-state index is 0. The molecule has 0 unspecified atom stereocenters. The Balaban J connectivity index is 0.00000560. The molecule has 0 aliphatic heterocycles. The molecule has 0 bridgehead atoms. The number of aryl methyl sites for hydroxylation is 1. The Hall–Kier alpha value is -4.49. The van der Waals surface area contributed by atoms with Gasteiger partial charge in [0.1, 0.15) is 6.04 Å². The molecule has 0 saturated heterocycles. The van der Waals surface area contributed by atoms with Crippen molar-refractivity contribution in [1.29, 1.82) is 0 Å². The average molecular weight is 545 g/mol. The van der Waals surface area contributed by atoms with Gasteiger partial charge in [-0.3, -0.25) is 24.5 Å². The Morgan fingerprint density at radius 3 is 1.98 bits per heavy atom. The van der Waals surface area contributed by atoms with E-state index in [4.69, 9.17) is 5.21 Å². The zero-order valence-electron chi connectivity index (χ0n) is 22.1. The normalized spacial score (nSPS) is 11.8. The first kappa shape index (κ1) is 31.7. The summed E-state index contributed by atoms with van der Waals surface area (Å²) in [6, 6.07) is 20.5. The van der Waals surface area contributed by atoms with Gasteiger partial charge in [-0.2, -0.15) is 0 Å². The van der Waals surface area contributed by atoms with E-state index in [0.29, 0.717) is 17.8 Å². The molecule has 0 spiro atoms. The number of likely N-dealkylation sites (N-methyl/N-ethyl adjacent to an activating group) is 1. The summed E-state index contributed by atoms with van der Waals surface area (Å²) in [5.74, 6) is 4.44. The van der Waals surface area contributed by atoms with Gasteiger partial charge in [0.05, 0.1) is 12.6 Å². The van der Waals surface area contributed by atoms with E-state index in [-0.39, 0.29) is 25.4 Å². The molecule has 3 amide bonds. The highest BCUT2D eigenvalue weighted by Gasteiger charge is 2.25. The SMILES string of the molecule is C.Cc1ccc(CN(C)CC(=O)Nc2ccc(C#Cc3ccc(C(=O)N[C@H](C(=O)NO)[C@@H](C)O)cc3)cc2)cc1. The molecule has 0 aliphatic carbocycles. The van der Waals surface area contributed by atoms with Crippen molar-refractivity contribution in [3.05, 3.63) is 101 Å². The molecule has 5 N–H and O–H groups in total. The topological polar surface area (TPSA) is 131 Å². The van der Waals surface area contributed by atoms with Crippen LogP contribution in [0.5, 0.6) is 0 Å². The van der Waals surface area contributed by atoms with Crippen LogP contribution < -0.4 is 16.1 Å². The van der Waals surface area contributed by atoms with Gasteiger partial charge in [0.15, 0.2) is 0 Å². The highest BCUT2D eigenvalue weighted by Crippen LogP contribution is 2.11. The fourth-order valence-corrected chi connectivity index (χ4v) is 3.69. The predicted octanol–water partition coefficient (Wildman–Crippen LogP) is 3.09. The molecule has 210 valence electrons. The number of nitrogens with one attached hydrogen (secondary N) is 3. The van der Waals surface area contributed by atoms with E-state index in [1.165, 1.54) is 18.0 Å². The Morgan fingerprint density at radius 2 is 1.45 bits per heavy atom. The van der Waals surface area contributed by atoms with Crippen LogP contribution in [-0.4, -0.2) is 58.7 Å².